The largest absolute Gasteiger partial charge is 0.468 e. The average molecular weight is 214 g/mol. The lowest BCUT2D eigenvalue weighted by Crippen LogP contribution is -2.44. The molecule has 1 N–H and O–H groups in total. The number of esters is 1. The van der Waals surface area contributed by atoms with Crippen molar-refractivity contribution in [3.05, 3.63) is 0 Å². The molecule has 0 bridgehead atoms. The van der Waals surface area contributed by atoms with Gasteiger partial charge in [-0.2, -0.15) is 0 Å². The van der Waals surface area contributed by atoms with Gasteiger partial charge >= 0.3 is 5.97 Å². The van der Waals surface area contributed by atoms with Crippen LogP contribution in [0.15, 0.2) is 0 Å². The van der Waals surface area contributed by atoms with E-state index in [0.717, 1.165) is 25.9 Å². The molecule has 4 heteroatoms. The predicted octanol–water partition coefficient (Wildman–Crippen LogP) is 0.623. The van der Waals surface area contributed by atoms with Gasteiger partial charge in [0.25, 0.3) is 0 Å². The molecule has 15 heavy (non-hydrogen) atoms. The van der Waals surface area contributed by atoms with Gasteiger partial charge in [0, 0.05) is 6.04 Å². The Morgan fingerprint density at radius 2 is 2.13 bits per heavy atom. The standard InChI is InChI=1S/C11H22N2O2/c1-3-6-13-7-4-10(5-8-13)12-9-11(14)15-2/h10,12H,3-9H2,1-2H3. The monoisotopic (exact) mass is 214 g/mol. The summed E-state index contributed by atoms with van der Waals surface area (Å²) in [6.07, 6.45) is 3.49. The Morgan fingerprint density at radius 1 is 1.47 bits per heavy atom. The van der Waals surface area contributed by atoms with Crippen molar-refractivity contribution in [2.45, 2.75) is 32.2 Å². The van der Waals surface area contributed by atoms with Crippen LogP contribution in [0, 0.1) is 0 Å². The second kappa shape index (κ2) is 6.80. The Hall–Kier alpha value is -0.610. The molecule has 88 valence electrons. The van der Waals surface area contributed by atoms with Crippen LogP contribution in [-0.4, -0.2) is 50.2 Å². The van der Waals surface area contributed by atoms with Gasteiger partial charge in [0.1, 0.15) is 0 Å². The number of carbonyl (C=O) groups is 1. The highest BCUT2D eigenvalue weighted by Crippen LogP contribution is 2.10. The van der Waals surface area contributed by atoms with Gasteiger partial charge < -0.3 is 15.0 Å². The summed E-state index contributed by atoms with van der Waals surface area (Å²) in [5, 5.41) is 3.23. The Bertz CT molecular complexity index is 189. The van der Waals surface area contributed by atoms with E-state index in [4.69, 9.17) is 0 Å². The molecular formula is C11H22N2O2. The number of ether oxygens (including phenoxy) is 1. The number of piperidine rings is 1. The first-order valence-electron chi connectivity index (χ1n) is 5.78. The van der Waals surface area contributed by atoms with Crippen LogP contribution in [0.5, 0.6) is 0 Å². The molecule has 0 saturated carbocycles. The minimum atomic E-state index is -0.175. The number of methoxy groups -OCH3 is 1. The lowest BCUT2D eigenvalue weighted by molar-refractivity contribution is -0.139. The summed E-state index contributed by atoms with van der Waals surface area (Å²) in [5.41, 5.74) is 0. The van der Waals surface area contributed by atoms with Gasteiger partial charge in [-0.3, -0.25) is 4.79 Å². The fraction of sp³-hybridized carbons (Fsp3) is 0.909. The van der Waals surface area contributed by atoms with Gasteiger partial charge in [0.2, 0.25) is 0 Å². The van der Waals surface area contributed by atoms with E-state index in [-0.39, 0.29) is 5.97 Å². The Kier molecular flexibility index (Phi) is 5.65. The third-order valence-electron chi connectivity index (χ3n) is 2.89. The van der Waals surface area contributed by atoms with Gasteiger partial charge in [-0.25, -0.2) is 0 Å². The highest BCUT2D eigenvalue weighted by atomic mass is 16.5. The van der Waals surface area contributed by atoms with E-state index in [1.54, 1.807) is 0 Å². The van der Waals surface area contributed by atoms with Gasteiger partial charge in [-0.1, -0.05) is 6.92 Å². The fourth-order valence-electron chi connectivity index (χ4n) is 1.98. The molecule has 0 aromatic carbocycles. The zero-order valence-corrected chi connectivity index (χ0v) is 9.79. The van der Waals surface area contributed by atoms with Gasteiger partial charge in [-0.05, 0) is 38.9 Å². The first-order chi connectivity index (χ1) is 7.26. The number of nitrogens with one attached hydrogen (secondary N) is 1. The van der Waals surface area contributed by atoms with Crippen molar-refractivity contribution in [3.8, 4) is 0 Å². The van der Waals surface area contributed by atoms with E-state index in [2.05, 4.69) is 21.9 Å². The Labute approximate surface area is 92.0 Å². The van der Waals surface area contributed by atoms with Gasteiger partial charge in [0.15, 0.2) is 0 Å². The van der Waals surface area contributed by atoms with Crippen LogP contribution in [0.25, 0.3) is 0 Å². The van der Waals surface area contributed by atoms with Crippen molar-refractivity contribution < 1.29 is 9.53 Å². The third kappa shape index (κ3) is 4.62. The van der Waals surface area contributed by atoms with E-state index in [9.17, 15) is 4.79 Å². The first kappa shape index (κ1) is 12.5. The minimum absolute atomic E-state index is 0.175. The number of carbonyl (C=O) groups excluding carboxylic acids is 1. The van der Waals surface area contributed by atoms with Crippen molar-refractivity contribution in [2.75, 3.05) is 33.3 Å². The zero-order valence-electron chi connectivity index (χ0n) is 9.79. The van der Waals surface area contributed by atoms with Crippen LogP contribution in [0.2, 0.25) is 0 Å². The molecule has 1 rings (SSSR count). The lowest BCUT2D eigenvalue weighted by Gasteiger charge is -2.31. The number of likely N-dealkylation sites (tertiary alicyclic amines) is 1. The van der Waals surface area contributed by atoms with E-state index in [1.807, 2.05) is 0 Å². The molecule has 0 amide bonds. The second-order valence-electron chi connectivity index (χ2n) is 4.07. The number of hydrogen-bond acceptors (Lipinski definition) is 4. The summed E-state index contributed by atoms with van der Waals surface area (Å²) in [4.78, 5) is 13.4. The zero-order chi connectivity index (χ0) is 11.1. The maximum Gasteiger partial charge on any atom is 0.319 e. The topological polar surface area (TPSA) is 41.6 Å². The van der Waals surface area contributed by atoms with Crippen molar-refractivity contribution in [1.82, 2.24) is 10.2 Å². The summed E-state index contributed by atoms with van der Waals surface area (Å²) in [5.74, 6) is -0.175. The average Bonchev–Trinajstić information content (AvgIpc) is 2.28. The summed E-state index contributed by atoms with van der Waals surface area (Å²) >= 11 is 0. The van der Waals surface area contributed by atoms with Crippen LogP contribution in [-0.2, 0) is 9.53 Å². The Balaban J connectivity index is 2.12. The van der Waals surface area contributed by atoms with E-state index in [0.29, 0.717) is 12.6 Å². The normalized spacial score (nSPS) is 19.1. The van der Waals surface area contributed by atoms with Crippen molar-refractivity contribution in [2.24, 2.45) is 0 Å². The molecule has 1 aliphatic rings. The summed E-state index contributed by atoms with van der Waals surface area (Å²) in [6, 6.07) is 0.484. The molecule has 0 aromatic heterocycles. The van der Waals surface area contributed by atoms with Crippen molar-refractivity contribution in [3.63, 3.8) is 0 Å². The molecule has 1 fully saturated rings. The van der Waals surface area contributed by atoms with Crippen LogP contribution in [0.3, 0.4) is 0 Å². The van der Waals surface area contributed by atoms with Crippen LogP contribution < -0.4 is 5.32 Å². The molecule has 1 heterocycles. The molecule has 4 nitrogen and oxygen atoms in total. The second-order valence-corrected chi connectivity index (χ2v) is 4.07. The van der Waals surface area contributed by atoms with E-state index < -0.39 is 0 Å². The molecule has 0 radical (unpaired) electrons. The summed E-state index contributed by atoms with van der Waals surface area (Å²) in [7, 11) is 1.42. The predicted molar refractivity (Wildman–Crippen MR) is 59.8 cm³/mol. The van der Waals surface area contributed by atoms with Gasteiger partial charge in [0.05, 0.1) is 13.7 Å². The minimum Gasteiger partial charge on any atom is -0.468 e. The van der Waals surface area contributed by atoms with Crippen LogP contribution in [0.1, 0.15) is 26.2 Å². The molecule has 0 spiro atoms. The van der Waals surface area contributed by atoms with E-state index >= 15 is 0 Å². The lowest BCUT2D eigenvalue weighted by atomic mass is 10.1. The Morgan fingerprint density at radius 3 is 2.67 bits per heavy atom. The third-order valence-corrected chi connectivity index (χ3v) is 2.89. The molecule has 0 unspecified atom stereocenters. The molecule has 0 atom stereocenters. The molecule has 0 aromatic rings. The molecule has 1 saturated heterocycles. The van der Waals surface area contributed by atoms with E-state index in [1.165, 1.54) is 20.1 Å². The highest BCUT2D eigenvalue weighted by Gasteiger charge is 2.18. The molecule has 1 aliphatic heterocycles. The van der Waals surface area contributed by atoms with Crippen molar-refractivity contribution in [1.29, 1.82) is 0 Å². The molecular weight excluding hydrogens is 192 g/mol. The quantitative estimate of drug-likeness (QED) is 0.681. The SMILES string of the molecule is CCCN1CCC(NCC(=O)OC)CC1. The number of hydrogen-bond donors (Lipinski definition) is 1. The van der Waals surface area contributed by atoms with Gasteiger partial charge in [-0.15, -0.1) is 0 Å². The van der Waals surface area contributed by atoms with Crippen LogP contribution in [0.4, 0.5) is 0 Å². The maximum atomic E-state index is 10.9. The maximum absolute atomic E-state index is 10.9. The van der Waals surface area contributed by atoms with Crippen LogP contribution >= 0.6 is 0 Å². The number of rotatable bonds is 5. The summed E-state index contributed by atoms with van der Waals surface area (Å²) < 4.78 is 4.59. The summed E-state index contributed by atoms with van der Waals surface area (Å²) in [6.45, 7) is 6.04. The fourth-order valence-corrected chi connectivity index (χ4v) is 1.98. The van der Waals surface area contributed by atoms with Crippen molar-refractivity contribution >= 4 is 5.97 Å². The molecule has 0 aliphatic carbocycles. The highest BCUT2D eigenvalue weighted by molar-refractivity contribution is 5.71. The number of nitrogens with zero attached hydrogens (tertiary/aromatic N) is 1. The smallest absolute Gasteiger partial charge is 0.319 e. The first-order valence-corrected chi connectivity index (χ1v) is 5.78.